The highest BCUT2D eigenvalue weighted by Gasteiger charge is 2.35. The number of rotatable bonds is 5. The van der Waals surface area contributed by atoms with E-state index in [0.717, 1.165) is 50.0 Å². The summed E-state index contributed by atoms with van der Waals surface area (Å²) in [6.07, 6.45) is 7.91. The molecule has 1 N–H and O–H groups in total. The Morgan fingerprint density at radius 2 is 1.70 bits per heavy atom. The van der Waals surface area contributed by atoms with Gasteiger partial charge in [-0.2, -0.15) is 5.26 Å². The van der Waals surface area contributed by atoms with Crippen molar-refractivity contribution >= 4 is 17.6 Å². The Kier molecular flexibility index (Phi) is 6.14. The van der Waals surface area contributed by atoms with Gasteiger partial charge >= 0.3 is 0 Å². The minimum atomic E-state index is -0.0805. The number of amides is 2. The molecule has 0 unspecified atom stereocenters. The molecule has 1 aromatic rings. The van der Waals surface area contributed by atoms with E-state index in [-0.39, 0.29) is 17.7 Å². The van der Waals surface area contributed by atoms with Crippen molar-refractivity contribution < 1.29 is 9.59 Å². The van der Waals surface area contributed by atoms with Gasteiger partial charge in [-0.3, -0.25) is 14.5 Å². The van der Waals surface area contributed by atoms with Crippen LogP contribution in [0.2, 0.25) is 0 Å². The smallest absolute Gasteiger partial charge is 0.239 e. The van der Waals surface area contributed by atoms with Gasteiger partial charge in [0.1, 0.15) is 11.9 Å². The maximum atomic E-state index is 12.9. The largest absolute Gasteiger partial charge is 0.340 e. The summed E-state index contributed by atoms with van der Waals surface area (Å²) >= 11 is 0. The Labute approximate surface area is 179 Å². The van der Waals surface area contributed by atoms with Crippen molar-refractivity contribution in [3.8, 4) is 6.07 Å². The first-order valence-electron chi connectivity index (χ1n) is 11.4. The number of hydrogen-bond acceptors (Lipinski definition) is 4. The van der Waals surface area contributed by atoms with Crippen molar-refractivity contribution in [3.05, 3.63) is 16.8 Å². The lowest BCUT2D eigenvalue weighted by atomic mass is 9.95. The van der Waals surface area contributed by atoms with Crippen LogP contribution in [0.4, 0.5) is 5.82 Å². The van der Waals surface area contributed by atoms with Gasteiger partial charge in [0.2, 0.25) is 11.8 Å². The number of nitrogens with one attached hydrogen (secondary N) is 1. The van der Waals surface area contributed by atoms with E-state index in [0.29, 0.717) is 37.1 Å². The first-order chi connectivity index (χ1) is 14.5. The summed E-state index contributed by atoms with van der Waals surface area (Å²) in [4.78, 5) is 29.1. The van der Waals surface area contributed by atoms with Crippen molar-refractivity contribution in [1.82, 2.24) is 14.4 Å². The third-order valence-electron chi connectivity index (χ3n) is 7.04. The molecule has 1 aliphatic heterocycles. The van der Waals surface area contributed by atoms with E-state index in [1.807, 2.05) is 11.8 Å². The van der Waals surface area contributed by atoms with E-state index in [2.05, 4.69) is 27.8 Å². The van der Waals surface area contributed by atoms with Crippen molar-refractivity contribution in [3.63, 3.8) is 0 Å². The van der Waals surface area contributed by atoms with Gasteiger partial charge in [0.05, 0.1) is 12.1 Å². The topological polar surface area (TPSA) is 81.4 Å². The van der Waals surface area contributed by atoms with Crippen LogP contribution in [0.3, 0.4) is 0 Å². The molecule has 0 bridgehead atoms. The highest BCUT2D eigenvalue weighted by molar-refractivity contribution is 5.93. The molecule has 4 rings (SSSR count). The highest BCUT2D eigenvalue weighted by Crippen LogP contribution is 2.36. The normalized spacial score (nSPS) is 20.8. The van der Waals surface area contributed by atoms with Crippen LogP contribution in [0.15, 0.2) is 0 Å². The number of aromatic nitrogens is 1. The fourth-order valence-electron chi connectivity index (χ4n) is 4.97. The van der Waals surface area contributed by atoms with Gasteiger partial charge in [0.25, 0.3) is 0 Å². The first kappa shape index (κ1) is 20.9. The van der Waals surface area contributed by atoms with Crippen molar-refractivity contribution in [2.24, 2.45) is 5.92 Å². The third-order valence-corrected chi connectivity index (χ3v) is 7.04. The Balaban J connectivity index is 1.41. The maximum Gasteiger partial charge on any atom is 0.239 e. The van der Waals surface area contributed by atoms with Gasteiger partial charge in [0, 0.05) is 43.8 Å². The average molecular weight is 412 g/mol. The molecule has 1 saturated heterocycles. The standard InChI is InChI=1S/C23H33N5O2/c1-16-17(2)28(19-6-4-3-5-7-19)22(20(16)14-24)25-21(29)15-26-10-12-27(13-11-26)23(30)18-8-9-18/h18-19H,3-13,15H2,1-2H3,(H,25,29). The van der Waals surface area contributed by atoms with Crippen LogP contribution >= 0.6 is 0 Å². The number of hydrogen-bond donors (Lipinski definition) is 1. The van der Waals surface area contributed by atoms with Crippen LogP contribution in [0.5, 0.6) is 0 Å². The monoisotopic (exact) mass is 411 g/mol. The zero-order chi connectivity index (χ0) is 21.3. The lowest BCUT2D eigenvalue weighted by molar-refractivity contribution is -0.134. The summed E-state index contributed by atoms with van der Waals surface area (Å²) in [6.45, 7) is 7.16. The van der Waals surface area contributed by atoms with E-state index in [9.17, 15) is 14.9 Å². The number of piperazine rings is 1. The molecule has 0 atom stereocenters. The second-order valence-corrected chi connectivity index (χ2v) is 9.13. The fourth-order valence-corrected chi connectivity index (χ4v) is 4.97. The molecule has 2 saturated carbocycles. The van der Waals surface area contributed by atoms with Gasteiger partial charge in [-0.05, 0) is 45.1 Å². The molecule has 2 amide bonds. The molecule has 30 heavy (non-hydrogen) atoms. The summed E-state index contributed by atoms with van der Waals surface area (Å²) in [7, 11) is 0. The average Bonchev–Trinajstić information content (AvgIpc) is 3.57. The molecule has 7 nitrogen and oxygen atoms in total. The molecule has 162 valence electrons. The number of nitrogens with zero attached hydrogens (tertiary/aromatic N) is 4. The van der Waals surface area contributed by atoms with Gasteiger partial charge in [-0.15, -0.1) is 0 Å². The predicted octanol–water partition coefficient (Wildman–Crippen LogP) is 2.97. The quantitative estimate of drug-likeness (QED) is 0.808. The highest BCUT2D eigenvalue weighted by atomic mass is 16.2. The maximum absolute atomic E-state index is 12.9. The van der Waals surface area contributed by atoms with Crippen LogP contribution in [0.1, 0.15) is 67.8 Å². The molecular weight excluding hydrogens is 378 g/mol. The Morgan fingerprint density at radius 1 is 1.03 bits per heavy atom. The van der Waals surface area contributed by atoms with Gasteiger partial charge < -0.3 is 14.8 Å². The third kappa shape index (κ3) is 4.24. The molecule has 0 aromatic carbocycles. The van der Waals surface area contributed by atoms with Crippen molar-refractivity contribution in [2.75, 3.05) is 38.0 Å². The summed E-state index contributed by atoms with van der Waals surface area (Å²) in [5.74, 6) is 1.13. The van der Waals surface area contributed by atoms with Gasteiger partial charge in [-0.1, -0.05) is 19.3 Å². The molecule has 1 aromatic heterocycles. The number of nitriles is 1. The molecule has 0 radical (unpaired) electrons. The lowest BCUT2D eigenvalue weighted by Gasteiger charge is -2.34. The number of carbonyl (C=O) groups excluding carboxylic acids is 2. The SMILES string of the molecule is Cc1c(C#N)c(NC(=O)CN2CCN(C(=O)C3CC3)CC2)n(C2CCCCC2)c1C. The molecule has 0 spiro atoms. The van der Waals surface area contributed by atoms with Crippen LogP contribution in [-0.2, 0) is 9.59 Å². The first-order valence-corrected chi connectivity index (χ1v) is 11.4. The van der Waals surface area contributed by atoms with Crippen LogP contribution in [0, 0.1) is 31.1 Å². The Hall–Kier alpha value is -2.33. The van der Waals surface area contributed by atoms with E-state index >= 15 is 0 Å². The molecule has 3 aliphatic rings. The summed E-state index contributed by atoms with van der Waals surface area (Å²) in [6, 6.07) is 2.67. The lowest BCUT2D eigenvalue weighted by Crippen LogP contribution is -2.50. The molecular formula is C23H33N5O2. The van der Waals surface area contributed by atoms with E-state index in [1.54, 1.807) is 0 Å². The minimum absolute atomic E-state index is 0.0805. The summed E-state index contributed by atoms with van der Waals surface area (Å²) in [5.41, 5.74) is 2.64. The molecule has 7 heteroatoms. The van der Waals surface area contributed by atoms with Crippen molar-refractivity contribution in [1.29, 1.82) is 5.26 Å². The minimum Gasteiger partial charge on any atom is -0.340 e. The Bertz CT molecular complexity index is 850. The molecule has 2 aliphatic carbocycles. The van der Waals surface area contributed by atoms with E-state index in [4.69, 9.17) is 0 Å². The number of anilines is 1. The molecule has 3 fully saturated rings. The van der Waals surface area contributed by atoms with Crippen LogP contribution < -0.4 is 5.32 Å². The second kappa shape index (κ2) is 8.81. The van der Waals surface area contributed by atoms with Crippen molar-refractivity contribution in [2.45, 2.75) is 64.8 Å². The van der Waals surface area contributed by atoms with Crippen LogP contribution in [-0.4, -0.2) is 58.9 Å². The second-order valence-electron chi connectivity index (χ2n) is 9.13. The van der Waals surface area contributed by atoms with Crippen LogP contribution in [0.25, 0.3) is 0 Å². The summed E-state index contributed by atoms with van der Waals surface area (Å²) < 4.78 is 2.21. The Morgan fingerprint density at radius 3 is 2.30 bits per heavy atom. The zero-order valence-electron chi connectivity index (χ0n) is 18.2. The summed E-state index contributed by atoms with van der Waals surface area (Å²) in [5, 5.41) is 12.8. The predicted molar refractivity (Wildman–Crippen MR) is 115 cm³/mol. The van der Waals surface area contributed by atoms with Gasteiger partial charge in [0.15, 0.2) is 0 Å². The van der Waals surface area contributed by atoms with Gasteiger partial charge in [-0.25, -0.2) is 0 Å². The number of carbonyl (C=O) groups is 2. The molecule has 2 heterocycles. The zero-order valence-corrected chi connectivity index (χ0v) is 18.2. The van der Waals surface area contributed by atoms with E-state index in [1.165, 1.54) is 19.3 Å². The fraction of sp³-hybridized carbons (Fsp3) is 0.696. The van der Waals surface area contributed by atoms with E-state index < -0.39 is 0 Å².